The van der Waals surface area contributed by atoms with Crippen LogP contribution in [0.4, 0.5) is 4.39 Å². The first-order valence-corrected chi connectivity index (χ1v) is 15.0. The van der Waals surface area contributed by atoms with Crippen molar-refractivity contribution in [2.45, 2.75) is 31.3 Å². The predicted molar refractivity (Wildman–Crippen MR) is 172 cm³/mol. The van der Waals surface area contributed by atoms with Crippen LogP contribution in [0.15, 0.2) is 106 Å². The number of phenols is 2. The molecule has 0 radical (unpaired) electrons. The average molecular weight is 630 g/mol. The molecule has 0 spiro atoms. The molecule has 6 rings (SSSR count). The Labute approximate surface area is 264 Å². The number of carbonyl (C=O) groups is 1. The molecule has 0 saturated carbocycles. The molecule has 1 saturated heterocycles. The van der Waals surface area contributed by atoms with E-state index in [1.807, 2.05) is 54.6 Å². The molecule has 1 aliphatic heterocycles. The first-order valence-electron chi connectivity index (χ1n) is 14.7. The van der Waals surface area contributed by atoms with E-state index in [4.69, 9.17) is 16.0 Å². The first kappa shape index (κ1) is 31.9. The van der Waals surface area contributed by atoms with E-state index in [0.29, 0.717) is 35.6 Å². The third kappa shape index (κ3) is 7.97. The molecule has 0 unspecified atom stereocenters. The Kier molecular flexibility index (Phi) is 9.98. The summed E-state index contributed by atoms with van der Waals surface area (Å²) in [6.45, 7) is 2.41. The lowest BCUT2D eigenvalue weighted by Gasteiger charge is -2.38. The number of halogens is 2. The molecule has 5 aromatic rings. The molecule has 1 aliphatic rings. The van der Waals surface area contributed by atoms with E-state index < -0.39 is 5.60 Å². The van der Waals surface area contributed by atoms with Gasteiger partial charge in [0.2, 0.25) is 0 Å². The van der Waals surface area contributed by atoms with Gasteiger partial charge in [-0.1, -0.05) is 54.1 Å². The summed E-state index contributed by atoms with van der Waals surface area (Å²) in [6.07, 6.45) is 2.54. The van der Waals surface area contributed by atoms with Crippen LogP contribution in [0.2, 0.25) is 5.02 Å². The van der Waals surface area contributed by atoms with Crippen molar-refractivity contribution in [3.63, 3.8) is 0 Å². The quantitative estimate of drug-likeness (QED) is 0.162. The minimum Gasteiger partial charge on any atom is -0.508 e. The van der Waals surface area contributed by atoms with E-state index in [0.717, 1.165) is 43.2 Å². The van der Waals surface area contributed by atoms with E-state index in [-0.39, 0.29) is 39.5 Å². The highest BCUT2D eigenvalue weighted by Crippen LogP contribution is 2.34. The highest BCUT2D eigenvalue weighted by molar-refractivity contribution is 6.30. The Morgan fingerprint density at radius 3 is 2.24 bits per heavy atom. The summed E-state index contributed by atoms with van der Waals surface area (Å²) in [5, 5.41) is 30.7. The second-order valence-electron chi connectivity index (χ2n) is 11.1. The number of aromatic hydroxyl groups is 2. The van der Waals surface area contributed by atoms with E-state index >= 15 is 0 Å². The molecule has 1 fully saturated rings. The van der Waals surface area contributed by atoms with Crippen molar-refractivity contribution in [2.75, 3.05) is 19.6 Å². The zero-order valence-corrected chi connectivity index (χ0v) is 25.2. The number of Topliss-reactive ketones (excluding diaryl/α,β-unsaturated/α-hetero) is 1. The minimum absolute atomic E-state index is 0.0414. The molecule has 9 heteroatoms. The number of phenolic OH excluding ortho intramolecular Hbond substituents is 2. The van der Waals surface area contributed by atoms with Gasteiger partial charge in [0.25, 0.3) is 0 Å². The van der Waals surface area contributed by atoms with Crippen LogP contribution in [0.25, 0.3) is 22.3 Å². The normalized spacial score (nSPS) is 14.5. The van der Waals surface area contributed by atoms with Crippen LogP contribution in [0.5, 0.6) is 11.5 Å². The zero-order chi connectivity index (χ0) is 32.0. The maximum Gasteiger partial charge on any atom is 0.197 e. The Morgan fingerprint density at radius 2 is 1.58 bits per heavy atom. The number of likely N-dealkylation sites (tertiary alicyclic amines) is 1. The van der Waals surface area contributed by atoms with Gasteiger partial charge in [0.1, 0.15) is 34.0 Å². The summed E-state index contributed by atoms with van der Waals surface area (Å²) in [5.74, 6) is -0.340. The molecule has 4 aromatic carbocycles. The molecule has 0 amide bonds. The van der Waals surface area contributed by atoms with Gasteiger partial charge >= 0.3 is 0 Å². The fraction of sp³-hybridized carbons (Fsp3) is 0.222. The topological polar surface area (TPSA) is 111 Å². The van der Waals surface area contributed by atoms with Gasteiger partial charge in [0.05, 0.1) is 5.60 Å². The smallest absolute Gasteiger partial charge is 0.197 e. The van der Waals surface area contributed by atoms with Crippen LogP contribution >= 0.6 is 11.6 Å². The van der Waals surface area contributed by atoms with Crippen LogP contribution in [0, 0.1) is 5.82 Å². The van der Waals surface area contributed by atoms with Gasteiger partial charge in [0.15, 0.2) is 11.2 Å². The Morgan fingerprint density at radius 1 is 0.911 bits per heavy atom. The number of nitrogens with zero attached hydrogens (tertiary/aromatic N) is 1. The molecule has 0 atom stereocenters. The monoisotopic (exact) mass is 629 g/mol. The number of carbonyl (C=O) groups excluding carboxylic acids is 1. The van der Waals surface area contributed by atoms with Gasteiger partial charge in [-0.2, -0.15) is 0 Å². The van der Waals surface area contributed by atoms with E-state index in [1.54, 1.807) is 0 Å². The summed E-state index contributed by atoms with van der Waals surface area (Å²) in [4.78, 5) is 26.4. The molecule has 7 nitrogen and oxygen atoms in total. The van der Waals surface area contributed by atoms with Crippen molar-refractivity contribution >= 4 is 28.4 Å². The lowest BCUT2D eigenvalue weighted by atomic mass is 9.84. The second kappa shape index (κ2) is 14.1. The summed E-state index contributed by atoms with van der Waals surface area (Å²) in [7, 11) is 0. The number of aliphatic hydroxyl groups is 1. The first-order chi connectivity index (χ1) is 21.6. The Balaban J connectivity index is 0.000000186. The van der Waals surface area contributed by atoms with Crippen molar-refractivity contribution in [2.24, 2.45) is 0 Å². The van der Waals surface area contributed by atoms with Crippen LogP contribution in [0.1, 0.15) is 41.6 Å². The molecule has 0 bridgehead atoms. The lowest BCUT2D eigenvalue weighted by Crippen LogP contribution is -2.42. The van der Waals surface area contributed by atoms with Gasteiger partial charge in [-0.3, -0.25) is 9.59 Å². The van der Waals surface area contributed by atoms with Gasteiger partial charge in [0, 0.05) is 53.9 Å². The fourth-order valence-corrected chi connectivity index (χ4v) is 5.56. The number of hydrogen-bond acceptors (Lipinski definition) is 7. The van der Waals surface area contributed by atoms with E-state index in [2.05, 4.69) is 4.90 Å². The standard InChI is InChI=1S/C21H23ClFNO2.C15H10O4/c22-18-7-5-17(6-8-18)21(26)11-14-24(15-12-21)13-1-2-20(25)16-3-9-19(23)10-4-16;16-10-6-11(17)15-12(18)8-13(19-14(15)7-10)9-4-2-1-3-5-9/h3-10,26H,1-2,11-15H2;1-8,16-17H. The lowest BCUT2D eigenvalue weighted by molar-refractivity contribution is -0.0260. The predicted octanol–water partition coefficient (Wildman–Crippen LogP) is 7.30. The second-order valence-corrected chi connectivity index (χ2v) is 11.5. The third-order valence-electron chi connectivity index (χ3n) is 7.96. The highest BCUT2D eigenvalue weighted by Gasteiger charge is 2.33. The van der Waals surface area contributed by atoms with Crippen molar-refractivity contribution in [1.82, 2.24) is 4.90 Å². The van der Waals surface area contributed by atoms with E-state index in [9.17, 15) is 29.3 Å². The maximum atomic E-state index is 12.9. The molecule has 2 heterocycles. The number of rotatable bonds is 7. The number of fused-ring (bicyclic) bond motifs is 1. The van der Waals surface area contributed by atoms with Crippen molar-refractivity contribution in [3.05, 3.63) is 129 Å². The number of hydrogen-bond donors (Lipinski definition) is 3. The largest absolute Gasteiger partial charge is 0.508 e. The summed E-state index contributed by atoms with van der Waals surface area (Å²) < 4.78 is 18.5. The van der Waals surface area contributed by atoms with Gasteiger partial charge in [-0.15, -0.1) is 0 Å². The Bertz CT molecular complexity index is 1820. The summed E-state index contributed by atoms with van der Waals surface area (Å²) in [5.41, 5.74) is 1.23. The maximum absolute atomic E-state index is 12.9. The number of benzene rings is 4. The SMILES string of the molecule is O=C(CCCN1CCC(O)(c2ccc(Cl)cc2)CC1)c1ccc(F)cc1.O=c1cc(-c2ccccc2)oc2cc(O)cc(O)c12. The molecule has 0 aliphatic carbocycles. The number of piperidine rings is 1. The molecule has 45 heavy (non-hydrogen) atoms. The molecule has 1 aromatic heterocycles. The van der Waals surface area contributed by atoms with Crippen LogP contribution in [-0.2, 0) is 5.60 Å². The average Bonchev–Trinajstić information content (AvgIpc) is 3.03. The Hall–Kier alpha value is -4.50. The molecular weight excluding hydrogens is 597 g/mol. The summed E-state index contributed by atoms with van der Waals surface area (Å²) in [6, 6.07) is 26.0. The van der Waals surface area contributed by atoms with E-state index in [1.165, 1.54) is 36.4 Å². The minimum atomic E-state index is -0.801. The third-order valence-corrected chi connectivity index (χ3v) is 8.21. The van der Waals surface area contributed by atoms with Crippen LogP contribution in [0.3, 0.4) is 0 Å². The van der Waals surface area contributed by atoms with Crippen LogP contribution in [-0.4, -0.2) is 45.6 Å². The molecule has 3 N–H and O–H groups in total. The van der Waals surface area contributed by atoms with Crippen molar-refractivity contribution < 1.29 is 28.9 Å². The van der Waals surface area contributed by atoms with Gasteiger partial charge in [-0.25, -0.2) is 4.39 Å². The van der Waals surface area contributed by atoms with Crippen molar-refractivity contribution in [3.8, 4) is 22.8 Å². The highest BCUT2D eigenvalue weighted by atomic mass is 35.5. The number of ketones is 1. The molecular formula is C36H33ClFNO6. The van der Waals surface area contributed by atoms with Gasteiger partial charge < -0.3 is 24.6 Å². The van der Waals surface area contributed by atoms with Gasteiger partial charge in [-0.05, 0) is 67.8 Å². The summed E-state index contributed by atoms with van der Waals surface area (Å²) >= 11 is 5.92. The molecule has 232 valence electrons. The van der Waals surface area contributed by atoms with Crippen molar-refractivity contribution in [1.29, 1.82) is 0 Å². The zero-order valence-electron chi connectivity index (χ0n) is 24.5. The van der Waals surface area contributed by atoms with Crippen LogP contribution < -0.4 is 5.43 Å². The fourth-order valence-electron chi connectivity index (χ4n) is 5.44.